The van der Waals surface area contributed by atoms with Crippen LogP contribution in [0.25, 0.3) is 0 Å². The Labute approximate surface area is 94.7 Å². The first-order valence-corrected chi connectivity index (χ1v) is 6.06. The number of aryl methyl sites for hydroxylation is 1. The van der Waals surface area contributed by atoms with E-state index in [9.17, 15) is 5.11 Å². The maximum absolute atomic E-state index is 10.0. The van der Waals surface area contributed by atoms with E-state index in [1.807, 2.05) is 13.0 Å². The zero-order chi connectivity index (χ0) is 10.9. The lowest BCUT2D eigenvalue weighted by Gasteiger charge is -2.20. The molecular formula is C11H17ClOS. The average molecular weight is 233 g/mol. The van der Waals surface area contributed by atoms with E-state index in [1.54, 1.807) is 0 Å². The summed E-state index contributed by atoms with van der Waals surface area (Å²) in [7, 11) is 0. The van der Waals surface area contributed by atoms with Crippen LogP contribution in [0.1, 0.15) is 37.3 Å². The maximum Gasteiger partial charge on any atom is 0.0961 e. The lowest BCUT2D eigenvalue weighted by Crippen LogP contribution is -2.13. The average Bonchev–Trinajstić information content (AvgIpc) is 2.44. The van der Waals surface area contributed by atoms with E-state index in [4.69, 9.17) is 11.6 Å². The third-order valence-corrected chi connectivity index (χ3v) is 4.34. The van der Waals surface area contributed by atoms with Crippen molar-refractivity contribution in [2.75, 3.05) is 0 Å². The van der Waals surface area contributed by atoms with Crippen LogP contribution in [0.2, 0.25) is 4.34 Å². The van der Waals surface area contributed by atoms with Crippen molar-refractivity contribution in [2.24, 2.45) is 11.8 Å². The van der Waals surface area contributed by atoms with Crippen LogP contribution in [0.4, 0.5) is 0 Å². The molecule has 1 nitrogen and oxygen atoms in total. The summed E-state index contributed by atoms with van der Waals surface area (Å²) < 4.78 is 0.787. The fraction of sp³-hybridized carbons (Fsp3) is 0.636. The number of hydrogen-bond donors (Lipinski definition) is 1. The molecule has 0 saturated carbocycles. The van der Waals surface area contributed by atoms with Crippen LogP contribution in [-0.2, 0) is 0 Å². The Hall–Kier alpha value is -0.0500. The number of halogens is 1. The van der Waals surface area contributed by atoms with Crippen LogP contribution in [0.15, 0.2) is 6.07 Å². The summed E-state index contributed by atoms with van der Waals surface area (Å²) in [5, 5.41) is 10.0. The van der Waals surface area contributed by atoms with E-state index >= 15 is 0 Å². The molecule has 1 aromatic rings. The van der Waals surface area contributed by atoms with Crippen LogP contribution in [0, 0.1) is 18.8 Å². The normalized spacial score (nSPS) is 15.9. The molecule has 1 rings (SSSR count). The molecule has 80 valence electrons. The second kappa shape index (κ2) is 4.65. The van der Waals surface area contributed by atoms with Crippen LogP contribution >= 0.6 is 22.9 Å². The molecule has 0 fully saturated rings. The van der Waals surface area contributed by atoms with Crippen molar-refractivity contribution in [3.8, 4) is 0 Å². The van der Waals surface area contributed by atoms with Crippen LogP contribution in [0.3, 0.4) is 0 Å². The smallest absolute Gasteiger partial charge is 0.0961 e. The molecule has 0 aliphatic rings. The minimum Gasteiger partial charge on any atom is -0.387 e. The van der Waals surface area contributed by atoms with Gasteiger partial charge in [-0.25, -0.2) is 0 Å². The first kappa shape index (κ1) is 12.0. The van der Waals surface area contributed by atoms with Crippen molar-refractivity contribution in [1.82, 2.24) is 0 Å². The van der Waals surface area contributed by atoms with Crippen LogP contribution in [-0.4, -0.2) is 5.11 Å². The molecule has 14 heavy (non-hydrogen) atoms. The SMILES string of the molecule is Cc1cc(C(O)C(C)C(C)C)sc1Cl. The van der Waals surface area contributed by atoms with Gasteiger partial charge in [-0.1, -0.05) is 32.4 Å². The van der Waals surface area contributed by atoms with Gasteiger partial charge in [0.2, 0.25) is 0 Å². The number of aliphatic hydroxyl groups is 1. The number of rotatable bonds is 3. The summed E-state index contributed by atoms with van der Waals surface area (Å²) in [6.07, 6.45) is -0.383. The Kier molecular flexibility index (Phi) is 3.99. The highest BCUT2D eigenvalue weighted by molar-refractivity contribution is 7.16. The van der Waals surface area contributed by atoms with Crippen molar-refractivity contribution in [3.63, 3.8) is 0 Å². The first-order chi connectivity index (χ1) is 6.43. The van der Waals surface area contributed by atoms with E-state index in [2.05, 4.69) is 20.8 Å². The van der Waals surface area contributed by atoms with Gasteiger partial charge in [0.05, 0.1) is 10.4 Å². The lowest BCUT2D eigenvalue weighted by atomic mass is 9.91. The van der Waals surface area contributed by atoms with Gasteiger partial charge >= 0.3 is 0 Å². The quantitative estimate of drug-likeness (QED) is 0.834. The Morgan fingerprint density at radius 3 is 2.29 bits per heavy atom. The highest BCUT2D eigenvalue weighted by Crippen LogP contribution is 2.36. The molecule has 3 heteroatoms. The van der Waals surface area contributed by atoms with Crippen molar-refractivity contribution >= 4 is 22.9 Å². The molecule has 0 saturated heterocycles. The Balaban J connectivity index is 2.83. The van der Waals surface area contributed by atoms with Crippen molar-refractivity contribution in [3.05, 3.63) is 20.8 Å². The zero-order valence-electron chi connectivity index (χ0n) is 9.04. The first-order valence-electron chi connectivity index (χ1n) is 4.87. The Morgan fingerprint density at radius 2 is 1.93 bits per heavy atom. The van der Waals surface area contributed by atoms with E-state index in [0.717, 1.165) is 14.8 Å². The Bertz CT molecular complexity index is 287. The van der Waals surface area contributed by atoms with Crippen molar-refractivity contribution in [1.29, 1.82) is 0 Å². The summed E-state index contributed by atoms with van der Waals surface area (Å²) in [5.74, 6) is 0.746. The minimum atomic E-state index is -0.383. The summed E-state index contributed by atoms with van der Waals surface area (Å²) >= 11 is 7.45. The summed E-state index contributed by atoms with van der Waals surface area (Å²) in [5.41, 5.74) is 1.06. The lowest BCUT2D eigenvalue weighted by molar-refractivity contribution is 0.0953. The largest absolute Gasteiger partial charge is 0.387 e. The molecule has 1 aromatic heterocycles. The molecule has 0 spiro atoms. The minimum absolute atomic E-state index is 0.268. The van der Waals surface area contributed by atoms with Gasteiger partial charge in [-0.15, -0.1) is 11.3 Å². The molecule has 1 heterocycles. The van der Waals surface area contributed by atoms with Gasteiger partial charge in [-0.3, -0.25) is 0 Å². The third-order valence-electron chi connectivity index (χ3n) is 2.72. The molecule has 0 aliphatic carbocycles. The van der Waals surface area contributed by atoms with E-state index < -0.39 is 0 Å². The van der Waals surface area contributed by atoms with Gasteiger partial charge in [-0.2, -0.15) is 0 Å². The fourth-order valence-corrected chi connectivity index (χ4v) is 2.57. The molecule has 2 unspecified atom stereocenters. The second-order valence-electron chi connectivity index (χ2n) is 4.15. The van der Waals surface area contributed by atoms with Gasteiger partial charge in [0.1, 0.15) is 0 Å². The summed E-state index contributed by atoms with van der Waals surface area (Å²) in [6.45, 7) is 8.28. The van der Waals surface area contributed by atoms with Crippen LogP contribution < -0.4 is 0 Å². The predicted octanol–water partition coefficient (Wildman–Crippen LogP) is 4.04. The molecule has 0 aromatic carbocycles. The molecular weight excluding hydrogens is 216 g/mol. The van der Waals surface area contributed by atoms with Crippen LogP contribution in [0.5, 0.6) is 0 Å². The van der Waals surface area contributed by atoms with Gasteiger partial charge in [0.25, 0.3) is 0 Å². The predicted molar refractivity (Wildman–Crippen MR) is 63.0 cm³/mol. The highest BCUT2D eigenvalue weighted by atomic mass is 35.5. The van der Waals surface area contributed by atoms with Crippen molar-refractivity contribution in [2.45, 2.75) is 33.8 Å². The fourth-order valence-electron chi connectivity index (χ4n) is 1.25. The second-order valence-corrected chi connectivity index (χ2v) is 5.84. The standard InChI is InChI=1S/C11H17ClOS/c1-6(2)8(4)10(13)9-5-7(3)11(12)14-9/h5-6,8,10,13H,1-4H3. The van der Waals surface area contributed by atoms with Gasteiger partial charge in [0.15, 0.2) is 0 Å². The van der Waals surface area contributed by atoms with E-state index in [0.29, 0.717) is 5.92 Å². The highest BCUT2D eigenvalue weighted by Gasteiger charge is 2.21. The molecule has 0 radical (unpaired) electrons. The molecule has 0 bridgehead atoms. The Morgan fingerprint density at radius 1 is 1.36 bits per heavy atom. The maximum atomic E-state index is 10.0. The van der Waals surface area contributed by atoms with E-state index in [-0.39, 0.29) is 12.0 Å². The van der Waals surface area contributed by atoms with Crippen molar-refractivity contribution < 1.29 is 5.11 Å². The summed E-state index contributed by atoms with van der Waals surface area (Å²) in [4.78, 5) is 0.980. The number of hydrogen-bond acceptors (Lipinski definition) is 2. The molecule has 0 aliphatic heterocycles. The van der Waals surface area contributed by atoms with E-state index in [1.165, 1.54) is 11.3 Å². The third kappa shape index (κ3) is 2.50. The zero-order valence-corrected chi connectivity index (χ0v) is 10.6. The molecule has 2 atom stereocenters. The monoisotopic (exact) mass is 232 g/mol. The summed E-state index contributed by atoms with van der Waals surface area (Å²) in [6, 6.07) is 1.98. The number of thiophene rings is 1. The van der Waals surface area contributed by atoms with Gasteiger partial charge < -0.3 is 5.11 Å². The topological polar surface area (TPSA) is 20.2 Å². The van der Waals surface area contributed by atoms with Gasteiger partial charge in [-0.05, 0) is 30.4 Å². The molecule has 1 N–H and O–H groups in total. The number of aliphatic hydroxyl groups excluding tert-OH is 1. The van der Waals surface area contributed by atoms with Gasteiger partial charge in [0, 0.05) is 4.88 Å². The molecule has 0 amide bonds.